The first-order valence-corrected chi connectivity index (χ1v) is 7.37. The fourth-order valence-electron chi connectivity index (χ4n) is 2.42. The first-order chi connectivity index (χ1) is 11.1. The summed E-state index contributed by atoms with van der Waals surface area (Å²) >= 11 is 0. The van der Waals surface area contributed by atoms with Crippen molar-refractivity contribution in [1.29, 1.82) is 0 Å². The number of carbonyl (C=O) groups is 2. The molecule has 2 aromatic rings. The Balaban J connectivity index is 1.60. The summed E-state index contributed by atoms with van der Waals surface area (Å²) in [6.45, 7) is 0.901. The van der Waals surface area contributed by atoms with Crippen LogP contribution in [0.25, 0.3) is 11.4 Å². The van der Waals surface area contributed by atoms with Gasteiger partial charge in [-0.15, -0.1) is 0 Å². The molecule has 120 valence electrons. The Morgan fingerprint density at radius 3 is 3.13 bits per heavy atom. The van der Waals surface area contributed by atoms with Crippen LogP contribution in [0, 0.1) is 0 Å². The number of imidazole rings is 1. The molecule has 0 saturated carbocycles. The summed E-state index contributed by atoms with van der Waals surface area (Å²) in [5, 5.41) is 2.84. The molecular formula is C16H18N4O3. The zero-order chi connectivity index (χ0) is 16.2. The molecule has 2 amide bonds. The molecule has 1 aromatic carbocycles. The van der Waals surface area contributed by atoms with Gasteiger partial charge in [0.15, 0.2) is 0 Å². The van der Waals surface area contributed by atoms with E-state index >= 15 is 0 Å². The number of hydrogen-bond donors (Lipinski definition) is 2. The summed E-state index contributed by atoms with van der Waals surface area (Å²) in [7, 11) is 1.73. The number of hydrogen-bond acceptors (Lipinski definition) is 4. The number of likely N-dealkylation sites (N-methyl/N-ethyl adjacent to an activating group) is 1. The minimum absolute atomic E-state index is 0.0428. The Kier molecular flexibility index (Phi) is 4.38. The van der Waals surface area contributed by atoms with E-state index in [1.165, 1.54) is 0 Å². The van der Waals surface area contributed by atoms with Gasteiger partial charge in [-0.1, -0.05) is 12.1 Å². The minimum atomic E-state index is -0.185. The molecule has 1 saturated heterocycles. The molecule has 0 spiro atoms. The van der Waals surface area contributed by atoms with Crippen molar-refractivity contribution < 1.29 is 14.3 Å². The average Bonchev–Trinajstić information content (AvgIpc) is 3.10. The van der Waals surface area contributed by atoms with E-state index in [1.54, 1.807) is 36.5 Å². The third kappa shape index (κ3) is 3.57. The Hall–Kier alpha value is -2.67. The first kappa shape index (κ1) is 15.2. The van der Waals surface area contributed by atoms with Gasteiger partial charge in [-0.05, 0) is 12.1 Å². The maximum absolute atomic E-state index is 12.3. The SMILES string of the molecule is CN1CC(CNC(=O)c2cccc(-c3ncc[nH]3)c2)OCC1=O. The lowest BCUT2D eigenvalue weighted by Gasteiger charge is -2.29. The van der Waals surface area contributed by atoms with Gasteiger partial charge in [0.1, 0.15) is 12.4 Å². The van der Waals surface area contributed by atoms with Crippen molar-refractivity contribution in [3.05, 3.63) is 42.2 Å². The minimum Gasteiger partial charge on any atom is -0.365 e. The van der Waals surface area contributed by atoms with Gasteiger partial charge < -0.3 is 19.9 Å². The van der Waals surface area contributed by atoms with E-state index in [4.69, 9.17) is 4.74 Å². The van der Waals surface area contributed by atoms with Crippen molar-refractivity contribution in [1.82, 2.24) is 20.2 Å². The largest absolute Gasteiger partial charge is 0.365 e. The van der Waals surface area contributed by atoms with Gasteiger partial charge in [0, 0.05) is 43.7 Å². The number of morpholine rings is 1. The van der Waals surface area contributed by atoms with Crippen LogP contribution < -0.4 is 5.32 Å². The van der Waals surface area contributed by atoms with Crippen molar-refractivity contribution in [2.75, 3.05) is 26.7 Å². The predicted molar refractivity (Wildman–Crippen MR) is 83.7 cm³/mol. The number of benzene rings is 1. The van der Waals surface area contributed by atoms with Crippen LogP contribution in [0.2, 0.25) is 0 Å². The fraction of sp³-hybridized carbons (Fsp3) is 0.312. The predicted octanol–water partition coefficient (Wildman–Crippen LogP) is 0.664. The van der Waals surface area contributed by atoms with Crippen LogP contribution in [0.4, 0.5) is 0 Å². The van der Waals surface area contributed by atoms with E-state index in [0.717, 1.165) is 11.4 Å². The van der Waals surface area contributed by atoms with Crippen molar-refractivity contribution >= 4 is 11.8 Å². The van der Waals surface area contributed by atoms with Gasteiger partial charge in [-0.3, -0.25) is 9.59 Å². The summed E-state index contributed by atoms with van der Waals surface area (Å²) in [4.78, 5) is 32.4. The second kappa shape index (κ2) is 6.62. The summed E-state index contributed by atoms with van der Waals surface area (Å²) in [5.41, 5.74) is 1.40. The van der Waals surface area contributed by atoms with Crippen molar-refractivity contribution in [2.45, 2.75) is 6.10 Å². The summed E-state index contributed by atoms with van der Waals surface area (Å²) < 4.78 is 5.41. The molecular weight excluding hydrogens is 296 g/mol. The molecule has 0 aliphatic carbocycles. The number of amides is 2. The van der Waals surface area contributed by atoms with E-state index in [2.05, 4.69) is 15.3 Å². The van der Waals surface area contributed by atoms with Gasteiger partial charge in [0.2, 0.25) is 5.91 Å². The number of nitrogens with zero attached hydrogens (tertiary/aromatic N) is 2. The number of aromatic nitrogens is 2. The van der Waals surface area contributed by atoms with Crippen molar-refractivity contribution in [3.63, 3.8) is 0 Å². The highest BCUT2D eigenvalue weighted by molar-refractivity contribution is 5.95. The van der Waals surface area contributed by atoms with Gasteiger partial charge in [-0.25, -0.2) is 4.98 Å². The highest BCUT2D eigenvalue weighted by atomic mass is 16.5. The third-order valence-corrected chi connectivity index (χ3v) is 3.73. The standard InChI is InChI=1S/C16H18N4O3/c1-20-9-13(23-10-14(20)21)8-19-16(22)12-4-2-3-11(7-12)15-17-5-6-18-15/h2-7,13H,8-10H2,1H3,(H,17,18)(H,19,22). The summed E-state index contributed by atoms with van der Waals surface area (Å²) in [6, 6.07) is 7.24. The molecule has 1 aromatic heterocycles. The highest BCUT2D eigenvalue weighted by Gasteiger charge is 2.23. The lowest BCUT2D eigenvalue weighted by atomic mass is 10.1. The number of H-pyrrole nitrogens is 1. The Morgan fingerprint density at radius 1 is 1.52 bits per heavy atom. The zero-order valence-corrected chi connectivity index (χ0v) is 12.8. The molecule has 0 radical (unpaired) electrons. The summed E-state index contributed by atoms with van der Waals surface area (Å²) in [5.74, 6) is 0.496. The highest BCUT2D eigenvalue weighted by Crippen LogP contribution is 2.16. The lowest BCUT2D eigenvalue weighted by molar-refractivity contribution is -0.146. The quantitative estimate of drug-likeness (QED) is 0.868. The zero-order valence-electron chi connectivity index (χ0n) is 12.8. The normalized spacial score (nSPS) is 18.0. The number of rotatable bonds is 4. The van der Waals surface area contributed by atoms with Crippen LogP contribution in [0.1, 0.15) is 10.4 Å². The topological polar surface area (TPSA) is 87.3 Å². The first-order valence-electron chi connectivity index (χ1n) is 7.37. The maximum atomic E-state index is 12.3. The molecule has 23 heavy (non-hydrogen) atoms. The molecule has 1 unspecified atom stereocenters. The van der Waals surface area contributed by atoms with Gasteiger partial charge >= 0.3 is 0 Å². The Morgan fingerprint density at radius 2 is 2.39 bits per heavy atom. The monoisotopic (exact) mass is 314 g/mol. The van der Waals surface area contributed by atoms with Crippen LogP contribution in [0.15, 0.2) is 36.7 Å². The second-order valence-corrected chi connectivity index (χ2v) is 5.44. The van der Waals surface area contributed by atoms with Crippen LogP contribution in [-0.4, -0.2) is 59.5 Å². The van der Waals surface area contributed by atoms with Crippen molar-refractivity contribution in [2.24, 2.45) is 0 Å². The molecule has 0 bridgehead atoms. The van der Waals surface area contributed by atoms with Crippen LogP contribution in [0.5, 0.6) is 0 Å². The van der Waals surface area contributed by atoms with E-state index < -0.39 is 0 Å². The molecule has 7 nitrogen and oxygen atoms in total. The second-order valence-electron chi connectivity index (χ2n) is 5.44. The van der Waals surface area contributed by atoms with Crippen LogP contribution >= 0.6 is 0 Å². The van der Waals surface area contributed by atoms with E-state index in [9.17, 15) is 9.59 Å². The van der Waals surface area contributed by atoms with Gasteiger partial charge in [0.05, 0.1) is 6.10 Å². The molecule has 1 aliphatic heterocycles. The maximum Gasteiger partial charge on any atom is 0.251 e. The van der Waals surface area contributed by atoms with Crippen molar-refractivity contribution in [3.8, 4) is 11.4 Å². The van der Waals surface area contributed by atoms with E-state index in [0.29, 0.717) is 18.7 Å². The molecule has 2 N–H and O–H groups in total. The van der Waals surface area contributed by atoms with Gasteiger partial charge in [0.25, 0.3) is 5.91 Å². The van der Waals surface area contributed by atoms with Gasteiger partial charge in [-0.2, -0.15) is 0 Å². The average molecular weight is 314 g/mol. The molecule has 1 aliphatic rings. The number of nitrogens with one attached hydrogen (secondary N) is 2. The van der Waals surface area contributed by atoms with E-state index in [-0.39, 0.29) is 24.5 Å². The fourth-order valence-corrected chi connectivity index (χ4v) is 2.42. The van der Waals surface area contributed by atoms with Crippen LogP contribution in [-0.2, 0) is 9.53 Å². The smallest absolute Gasteiger partial charge is 0.251 e. The molecule has 2 heterocycles. The van der Waals surface area contributed by atoms with Crippen LogP contribution in [0.3, 0.4) is 0 Å². The number of carbonyl (C=O) groups excluding carboxylic acids is 2. The summed E-state index contributed by atoms with van der Waals surface area (Å²) in [6.07, 6.45) is 3.22. The molecule has 7 heteroatoms. The lowest BCUT2D eigenvalue weighted by Crippen LogP contribution is -2.48. The Bertz CT molecular complexity index is 699. The molecule has 3 rings (SSSR count). The molecule has 1 fully saturated rings. The number of aromatic amines is 1. The van der Waals surface area contributed by atoms with E-state index in [1.807, 2.05) is 12.1 Å². The third-order valence-electron chi connectivity index (χ3n) is 3.73. The Labute approximate surface area is 133 Å². The molecule has 1 atom stereocenters. The number of ether oxygens (including phenoxy) is 1.